The zero-order valence-electron chi connectivity index (χ0n) is 82.5. The Morgan fingerprint density at radius 2 is 0.616 bits per heavy atom. The first-order valence-corrected chi connectivity index (χ1v) is 42.4. The molecule has 5 heteroatoms. The number of anilines is 6. The third kappa shape index (κ3) is 12.3. The van der Waals surface area contributed by atoms with Gasteiger partial charge in [-0.1, -0.05) is 378 Å². The fourth-order valence-electron chi connectivity index (χ4n) is 19.3. The number of aromatic nitrogens is 2. The SMILES string of the molecule is [2H]c1c([2H])c([2H])c2c(c1[2H])c1c([2H])c([2H])c(-c3cccc(-c4ccccc4)c3)c([2H])c1n2-c1ccc2c(c1)N(c1c(-c3ccccc3)cccc1-c1ccc3ccc4ccccc4c3c1)c1cc(C(C)(C)C)cc3c1B2c1ccc(-n2c4c([2H])c([2H])c([2H])c([2H])c4c4c([2H])c([2H])c(-c5cccc(-c6ccccc6)c5)c([2H])c42)cc1N3c1c(-c2ccccc2)cc(-c2ccccc2)cc1-c1ccccc1. The standard InChI is InChI=1S/C120H83BN4/c1-120(2,3)94-74-115-117-116(75-94)125(119-105(82-39-18-8-19-40-82)70-93(80-35-14-6-15-36-80)71-106(119)83-41-20-9-21-42-83)114-77-96(123-110-54-27-25-50-101(110)103-64-60-91(73-112(103)123)89-47-29-45-87(68-89)79-33-12-5-13-34-79)62-66-108(114)121(117)107-65-61-95(122-109-53-26-24-49-100(109)102-63-59-90(72-111(102)122)88-46-28-44-86(67-88)78-31-10-4-11-32-78)76-113(107)124(115)118-98(81-37-16-7-17-38-81)51-30-52-99(118)92-58-57-85-56-55-84-43-22-23-48-97(84)104(85)69-92/h4-77H,1-3H3/i24D,25D,26D,27D,49D,50D,53D,54D,59D,60D,63D,64D,72D,73D. The van der Waals surface area contributed by atoms with Gasteiger partial charge in [0.25, 0.3) is 6.71 Å². The molecule has 0 atom stereocenters. The van der Waals surface area contributed by atoms with Crippen LogP contribution in [0.1, 0.15) is 45.5 Å². The highest BCUT2D eigenvalue weighted by Gasteiger charge is 2.47. The molecule has 4 nitrogen and oxygen atoms in total. The average Bonchev–Trinajstić information content (AvgIpc) is 1.56. The summed E-state index contributed by atoms with van der Waals surface area (Å²) < 4.78 is 145. The Kier molecular flexibility index (Phi) is 14.1. The number of hydrogen-bond acceptors (Lipinski definition) is 2. The first kappa shape index (κ1) is 59.8. The molecule has 2 aromatic heterocycles. The van der Waals surface area contributed by atoms with E-state index in [1.54, 1.807) is 9.13 Å². The van der Waals surface area contributed by atoms with Crippen molar-refractivity contribution in [1.29, 1.82) is 0 Å². The van der Waals surface area contributed by atoms with E-state index >= 15 is 0 Å². The van der Waals surface area contributed by atoms with E-state index in [2.05, 4.69) is 237 Å². The van der Waals surface area contributed by atoms with Gasteiger partial charge in [-0.3, -0.25) is 0 Å². The van der Waals surface area contributed by atoms with E-state index in [0.29, 0.717) is 33.9 Å². The van der Waals surface area contributed by atoms with E-state index in [1.807, 2.05) is 158 Å². The summed E-state index contributed by atoms with van der Waals surface area (Å²) in [6.45, 7) is 5.87. The Balaban J connectivity index is 0.877. The fraction of sp³-hybridized carbons (Fsp3) is 0.0333. The van der Waals surface area contributed by atoms with Gasteiger partial charge in [0.1, 0.15) is 0 Å². The van der Waals surface area contributed by atoms with Crippen molar-refractivity contribution in [3.05, 3.63) is 454 Å². The van der Waals surface area contributed by atoms with E-state index in [9.17, 15) is 19.2 Å². The highest BCUT2D eigenvalue weighted by molar-refractivity contribution is 7.00. The normalized spacial score (nSPS) is 14.0. The van der Waals surface area contributed by atoms with Crippen molar-refractivity contribution in [3.63, 3.8) is 0 Å². The summed E-state index contributed by atoms with van der Waals surface area (Å²) in [4.78, 5) is 4.80. The highest BCUT2D eigenvalue weighted by Crippen LogP contribution is 2.56. The Labute approximate surface area is 748 Å². The topological polar surface area (TPSA) is 16.3 Å². The van der Waals surface area contributed by atoms with Gasteiger partial charge in [-0.15, -0.1) is 0 Å². The molecule has 0 unspecified atom stereocenters. The van der Waals surface area contributed by atoms with Crippen molar-refractivity contribution in [2.24, 2.45) is 0 Å². The van der Waals surface area contributed by atoms with Crippen molar-refractivity contribution in [1.82, 2.24) is 9.13 Å². The van der Waals surface area contributed by atoms with E-state index in [1.165, 1.54) is 0 Å². The van der Waals surface area contributed by atoms with Gasteiger partial charge in [-0.2, -0.15) is 0 Å². The summed E-state index contributed by atoms with van der Waals surface area (Å²) in [6, 6.07) is 118. The minimum atomic E-state index is -0.782. The molecule has 0 bridgehead atoms. The smallest absolute Gasteiger partial charge is 0.252 e. The second-order valence-corrected chi connectivity index (χ2v) is 33.5. The van der Waals surface area contributed by atoms with Crippen molar-refractivity contribution < 1.29 is 19.2 Å². The van der Waals surface area contributed by atoms with Crippen LogP contribution in [0, 0.1) is 0 Å². The molecule has 0 spiro atoms. The van der Waals surface area contributed by atoms with Crippen LogP contribution in [0.15, 0.2) is 449 Å². The monoisotopic (exact) mass is 1600 g/mol. The molecule has 0 saturated heterocycles. The Hall–Kier alpha value is -15.8. The van der Waals surface area contributed by atoms with E-state index in [0.717, 1.165) is 144 Å². The second kappa shape index (κ2) is 29.5. The molecule has 22 aromatic rings. The molecule has 0 N–H and O–H groups in total. The number of fused-ring (bicyclic) bond motifs is 13. The van der Waals surface area contributed by atoms with Crippen LogP contribution in [0.3, 0.4) is 0 Å². The van der Waals surface area contributed by atoms with E-state index < -0.39 is 60.5 Å². The maximum Gasteiger partial charge on any atom is 0.252 e. The van der Waals surface area contributed by atoms with Crippen LogP contribution in [-0.4, -0.2) is 15.8 Å². The highest BCUT2D eigenvalue weighted by atomic mass is 15.2. The lowest BCUT2D eigenvalue weighted by atomic mass is 9.33. The summed E-state index contributed by atoms with van der Waals surface area (Å²) in [5.74, 6) is 0. The zero-order valence-corrected chi connectivity index (χ0v) is 68.5. The van der Waals surface area contributed by atoms with Gasteiger partial charge in [0.2, 0.25) is 0 Å². The van der Waals surface area contributed by atoms with Crippen molar-refractivity contribution in [2.75, 3.05) is 9.80 Å². The number of nitrogens with zero attached hydrogens (tertiary/aromatic N) is 4. The third-order valence-corrected chi connectivity index (χ3v) is 25.3. The third-order valence-electron chi connectivity index (χ3n) is 25.3. The molecule has 2 aliphatic heterocycles. The summed E-state index contributed by atoms with van der Waals surface area (Å²) in [5.41, 5.74) is 21.5. The molecule has 0 aliphatic carbocycles. The lowest BCUT2D eigenvalue weighted by Gasteiger charge is -2.46. The van der Waals surface area contributed by atoms with Gasteiger partial charge < -0.3 is 18.9 Å². The second-order valence-electron chi connectivity index (χ2n) is 33.5. The number of rotatable bonds is 13. The van der Waals surface area contributed by atoms with Crippen LogP contribution >= 0.6 is 0 Å². The first-order valence-electron chi connectivity index (χ1n) is 49.4. The Morgan fingerprint density at radius 3 is 1.10 bits per heavy atom. The van der Waals surface area contributed by atoms with Gasteiger partial charge >= 0.3 is 0 Å². The summed E-state index contributed by atoms with van der Waals surface area (Å²) in [5, 5.41) is 4.25. The van der Waals surface area contributed by atoms with Gasteiger partial charge in [-0.25, -0.2) is 0 Å². The first-order chi connectivity index (χ1) is 67.5. The molecule has 20 aromatic carbocycles. The van der Waals surface area contributed by atoms with Crippen LogP contribution in [0.4, 0.5) is 34.1 Å². The Morgan fingerprint density at radius 1 is 0.240 bits per heavy atom. The molecule has 0 fully saturated rings. The molecule has 0 radical (unpaired) electrons. The predicted octanol–water partition coefficient (Wildman–Crippen LogP) is 30.6. The van der Waals surface area contributed by atoms with Crippen LogP contribution < -0.4 is 26.2 Å². The van der Waals surface area contributed by atoms with E-state index in [-0.39, 0.29) is 91.0 Å². The largest absolute Gasteiger partial charge is 0.310 e. The number of para-hydroxylation sites is 3. The Bertz CT molecular complexity index is 8920. The van der Waals surface area contributed by atoms with Crippen LogP contribution in [0.5, 0.6) is 0 Å². The van der Waals surface area contributed by atoms with Crippen molar-refractivity contribution >= 4 is 122 Å². The maximum absolute atomic E-state index is 10.9. The van der Waals surface area contributed by atoms with Gasteiger partial charge in [0.05, 0.1) is 52.6 Å². The molecule has 125 heavy (non-hydrogen) atoms. The minimum absolute atomic E-state index is 0.00787. The average molecular weight is 1610 g/mol. The fourth-order valence-corrected chi connectivity index (χ4v) is 19.3. The quantitative estimate of drug-likeness (QED) is 0.0845. The molecule has 0 saturated carbocycles. The predicted molar refractivity (Wildman–Crippen MR) is 532 cm³/mol. The van der Waals surface area contributed by atoms with E-state index in [4.69, 9.17) is 0 Å². The van der Waals surface area contributed by atoms with Crippen LogP contribution in [0.2, 0.25) is 0 Å². The number of hydrogen-bond donors (Lipinski definition) is 0. The minimum Gasteiger partial charge on any atom is -0.310 e. The van der Waals surface area contributed by atoms with Gasteiger partial charge in [0, 0.05) is 77.9 Å². The van der Waals surface area contributed by atoms with Gasteiger partial charge in [-0.05, 0) is 218 Å². The maximum atomic E-state index is 10.9. The molecular weight excluding hydrogens is 1510 g/mol. The molecule has 586 valence electrons. The molecule has 4 heterocycles. The lowest BCUT2D eigenvalue weighted by Crippen LogP contribution is -2.61. The molecule has 0 amide bonds. The zero-order chi connectivity index (χ0) is 95.1. The van der Waals surface area contributed by atoms with Crippen molar-refractivity contribution in [3.8, 4) is 112 Å². The summed E-state index contributed by atoms with van der Waals surface area (Å²) in [7, 11) is 0. The van der Waals surface area contributed by atoms with Crippen molar-refractivity contribution in [2.45, 2.75) is 26.2 Å². The van der Waals surface area contributed by atoms with Gasteiger partial charge in [0.15, 0.2) is 0 Å². The molecular formula is C120H83BN4. The number of benzene rings is 20. The van der Waals surface area contributed by atoms with Crippen LogP contribution in [0.25, 0.3) is 177 Å². The van der Waals surface area contributed by atoms with Crippen LogP contribution in [-0.2, 0) is 5.41 Å². The molecule has 24 rings (SSSR count). The molecule has 2 aliphatic rings. The summed E-state index contributed by atoms with van der Waals surface area (Å²) in [6.07, 6.45) is 0. The summed E-state index contributed by atoms with van der Waals surface area (Å²) >= 11 is 0. The lowest BCUT2D eigenvalue weighted by molar-refractivity contribution is 0.590.